The summed E-state index contributed by atoms with van der Waals surface area (Å²) < 4.78 is 25.9. The van der Waals surface area contributed by atoms with E-state index in [1.807, 2.05) is 0 Å². The van der Waals surface area contributed by atoms with Crippen molar-refractivity contribution in [2.24, 2.45) is 0 Å². The number of hydrogen-bond acceptors (Lipinski definition) is 2. The number of nitrogens with one attached hydrogen (secondary N) is 1. The number of carbonyl (C=O) groups is 1. The Morgan fingerprint density at radius 1 is 1.38 bits per heavy atom. The molecule has 0 spiro atoms. The molecule has 0 aliphatic heterocycles. The lowest BCUT2D eigenvalue weighted by Crippen LogP contribution is -2.10. The maximum Gasteiger partial charge on any atom is 0.255 e. The lowest BCUT2D eigenvalue weighted by molar-refractivity contribution is -0.118. The Hall–Kier alpha value is -1.10. The van der Waals surface area contributed by atoms with Crippen LogP contribution in [0.1, 0.15) is 10.8 Å². The van der Waals surface area contributed by atoms with Crippen molar-refractivity contribution in [1.29, 1.82) is 0 Å². The molecule has 13 heavy (non-hydrogen) atoms. The van der Waals surface area contributed by atoms with Crippen LogP contribution in [-0.4, -0.2) is 5.91 Å². The van der Waals surface area contributed by atoms with E-state index in [-0.39, 0.29) is 0 Å². The third-order valence-electron chi connectivity index (χ3n) is 1.52. The first-order valence-corrected chi connectivity index (χ1v) is 3.93. The zero-order valence-corrected chi connectivity index (χ0v) is 7.32. The molecule has 1 radical (unpaired) electrons. The third-order valence-corrected chi connectivity index (χ3v) is 2.01. The molecule has 1 atom stereocenters. The average Bonchev–Trinajstić information content (AvgIpc) is 2.03. The molecule has 0 bridgehead atoms. The first kappa shape index (κ1) is 9.98. The second kappa shape index (κ2) is 3.74. The van der Waals surface area contributed by atoms with Gasteiger partial charge in [-0.05, 0) is 12.1 Å². The van der Waals surface area contributed by atoms with Gasteiger partial charge in [-0.1, -0.05) is 6.07 Å². The maximum absolute atomic E-state index is 12.9. The molecule has 0 heterocycles. The van der Waals surface area contributed by atoms with Gasteiger partial charge in [0.05, 0.1) is 0 Å². The SMILES string of the molecule is [NH]C(=O)C(S)c1c(F)cccc1F. The van der Waals surface area contributed by atoms with Gasteiger partial charge in [-0.3, -0.25) is 10.5 Å². The molecule has 1 N–H and O–H groups in total. The number of halogens is 2. The predicted molar refractivity (Wildman–Crippen MR) is 46.2 cm³/mol. The minimum absolute atomic E-state index is 0.467. The van der Waals surface area contributed by atoms with Crippen molar-refractivity contribution < 1.29 is 13.6 Å². The van der Waals surface area contributed by atoms with Gasteiger partial charge in [0.2, 0.25) is 0 Å². The number of rotatable bonds is 2. The van der Waals surface area contributed by atoms with Crippen LogP contribution in [0.5, 0.6) is 0 Å². The number of carbonyl (C=O) groups excluding carboxylic acids is 1. The number of benzene rings is 1. The van der Waals surface area contributed by atoms with Crippen molar-refractivity contribution in [3.8, 4) is 0 Å². The standard InChI is InChI=1S/C8H6F2NOS/c9-4-2-1-3-5(10)6(4)7(13)8(11)12/h1-3,7,11,13H. The van der Waals surface area contributed by atoms with Gasteiger partial charge in [0, 0.05) is 5.56 Å². The van der Waals surface area contributed by atoms with Gasteiger partial charge < -0.3 is 0 Å². The van der Waals surface area contributed by atoms with Gasteiger partial charge in [0.25, 0.3) is 5.91 Å². The molecule has 1 rings (SSSR count). The summed E-state index contributed by atoms with van der Waals surface area (Å²) in [6.07, 6.45) is 0. The summed E-state index contributed by atoms with van der Waals surface area (Å²) in [6.45, 7) is 0. The Balaban J connectivity index is 3.20. The van der Waals surface area contributed by atoms with E-state index < -0.39 is 28.4 Å². The van der Waals surface area contributed by atoms with E-state index >= 15 is 0 Å². The van der Waals surface area contributed by atoms with E-state index in [0.717, 1.165) is 12.1 Å². The van der Waals surface area contributed by atoms with Gasteiger partial charge >= 0.3 is 0 Å². The number of amides is 1. The summed E-state index contributed by atoms with van der Waals surface area (Å²) in [5.74, 6) is -2.85. The summed E-state index contributed by atoms with van der Waals surface area (Å²) in [6, 6.07) is 3.22. The average molecular weight is 202 g/mol. The largest absolute Gasteiger partial charge is 0.272 e. The molecule has 0 aromatic heterocycles. The summed E-state index contributed by atoms with van der Waals surface area (Å²) in [4.78, 5) is 10.5. The smallest absolute Gasteiger partial charge is 0.255 e. The molecular formula is C8H6F2NOS. The molecule has 5 heteroatoms. The first-order chi connectivity index (χ1) is 6.04. The maximum atomic E-state index is 12.9. The van der Waals surface area contributed by atoms with Crippen LogP contribution in [-0.2, 0) is 4.79 Å². The summed E-state index contributed by atoms with van der Waals surface area (Å²) in [7, 11) is 0. The van der Waals surface area contributed by atoms with Crippen LogP contribution < -0.4 is 5.73 Å². The zero-order valence-electron chi connectivity index (χ0n) is 6.42. The van der Waals surface area contributed by atoms with Crippen LogP contribution in [0, 0.1) is 11.6 Å². The van der Waals surface area contributed by atoms with Gasteiger partial charge in [0.15, 0.2) is 0 Å². The summed E-state index contributed by atoms with van der Waals surface area (Å²) in [5, 5.41) is -1.36. The molecule has 1 unspecified atom stereocenters. The molecule has 0 saturated carbocycles. The minimum atomic E-state index is -1.36. The molecule has 1 aromatic carbocycles. The fourth-order valence-corrected chi connectivity index (χ4v) is 1.15. The fourth-order valence-electron chi connectivity index (χ4n) is 0.903. The van der Waals surface area contributed by atoms with Crippen molar-refractivity contribution in [2.45, 2.75) is 5.25 Å². The summed E-state index contributed by atoms with van der Waals surface area (Å²) >= 11 is 3.64. The van der Waals surface area contributed by atoms with Crippen LogP contribution in [0.15, 0.2) is 18.2 Å². The van der Waals surface area contributed by atoms with Crippen LogP contribution in [0.4, 0.5) is 8.78 Å². The van der Waals surface area contributed by atoms with E-state index in [4.69, 9.17) is 5.73 Å². The van der Waals surface area contributed by atoms with Crippen molar-refractivity contribution >= 4 is 18.5 Å². The van der Waals surface area contributed by atoms with Crippen LogP contribution in [0.25, 0.3) is 0 Å². The molecule has 1 amide bonds. The third kappa shape index (κ3) is 1.98. The topological polar surface area (TPSA) is 40.9 Å². The Morgan fingerprint density at radius 2 is 1.85 bits per heavy atom. The highest BCUT2D eigenvalue weighted by Crippen LogP contribution is 2.25. The van der Waals surface area contributed by atoms with Crippen molar-refractivity contribution in [3.05, 3.63) is 35.4 Å². The van der Waals surface area contributed by atoms with Gasteiger partial charge in [-0.15, -0.1) is 0 Å². The predicted octanol–water partition coefficient (Wildman–Crippen LogP) is 1.75. The van der Waals surface area contributed by atoms with E-state index in [0.29, 0.717) is 0 Å². The Labute approximate surface area is 79.1 Å². The monoisotopic (exact) mass is 202 g/mol. The quantitative estimate of drug-likeness (QED) is 0.729. The molecular weight excluding hydrogens is 196 g/mol. The van der Waals surface area contributed by atoms with Gasteiger partial charge in [-0.25, -0.2) is 8.78 Å². The second-order valence-electron chi connectivity index (χ2n) is 2.40. The summed E-state index contributed by atoms with van der Waals surface area (Å²) in [5.41, 5.74) is 6.20. The van der Waals surface area contributed by atoms with Crippen LogP contribution >= 0.6 is 12.6 Å². The first-order valence-electron chi connectivity index (χ1n) is 3.41. The highest BCUT2D eigenvalue weighted by atomic mass is 32.1. The van der Waals surface area contributed by atoms with Gasteiger partial charge in [-0.2, -0.15) is 12.6 Å². The molecule has 0 saturated heterocycles. The van der Waals surface area contributed by atoms with Crippen LogP contribution in [0.2, 0.25) is 0 Å². The zero-order chi connectivity index (χ0) is 10.0. The molecule has 0 fully saturated rings. The lowest BCUT2D eigenvalue weighted by Gasteiger charge is -2.07. The van der Waals surface area contributed by atoms with E-state index in [1.54, 1.807) is 0 Å². The van der Waals surface area contributed by atoms with E-state index in [1.165, 1.54) is 6.07 Å². The van der Waals surface area contributed by atoms with Gasteiger partial charge in [0.1, 0.15) is 16.9 Å². The van der Waals surface area contributed by atoms with Crippen molar-refractivity contribution in [3.63, 3.8) is 0 Å². The second-order valence-corrected chi connectivity index (χ2v) is 2.92. The van der Waals surface area contributed by atoms with E-state index in [2.05, 4.69) is 12.6 Å². The highest BCUT2D eigenvalue weighted by Gasteiger charge is 2.21. The van der Waals surface area contributed by atoms with E-state index in [9.17, 15) is 13.6 Å². The van der Waals surface area contributed by atoms with Crippen LogP contribution in [0.3, 0.4) is 0 Å². The molecule has 2 nitrogen and oxygen atoms in total. The number of thiol groups is 1. The highest BCUT2D eigenvalue weighted by molar-refractivity contribution is 7.81. The number of hydrogen-bond donors (Lipinski definition) is 1. The Morgan fingerprint density at radius 3 is 2.23 bits per heavy atom. The Bertz CT molecular complexity index is 323. The lowest BCUT2D eigenvalue weighted by atomic mass is 10.1. The Kier molecular flexibility index (Phi) is 2.87. The molecule has 0 aliphatic rings. The molecule has 69 valence electrons. The molecule has 1 aromatic rings. The molecule has 0 aliphatic carbocycles. The van der Waals surface area contributed by atoms with Crippen molar-refractivity contribution in [2.75, 3.05) is 0 Å². The minimum Gasteiger partial charge on any atom is -0.272 e. The van der Waals surface area contributed by atoms with Crippen molar-refractivity contribution in [1.82, 2.24) is 5.73 Å². The fraction of sp³-hybridized carbons (Fsp3) is 0.125. The normalized spacial score (nSPS) is 12.5.